The van der Waals surface area contributed by atoms with Gasteiger partial charge < -0.3 is 21.5 Å². The second-order valence-corrected chi connectivity index (χ2v) is 4.83. The zero-order chi connectivity index (χ0) is 14.0. The molecule has 5 N–H and O–H groups in total. The minimum Gasteiger partial charge on any atom is -0.478 e. The molecule has 0 unspecified atom stereocenters. The van der Waals surface area contributed by atoms with Crippen molar-refractivity contribution in [3.8, 4) is 0 Å². The highest BCUT2D eigenvalue weighted by Crippen LogP contribution is 2.29. The molecule has 2 rings (SSSR count). The van der Waals surface area contributed by atoms with Gasteiger partial charge in [0.15, 0.2) is 0 Å². The third-order valence-electron chi connectivity index (χ3n) is 2.71. The molecule has 0 heterocycles. The molecule has 1 aromatic carbocycles. The van der Waals surface area contributed by atoms with Crippen molar-refractivity contribution < 1.29 is 14.7 Å². The third kappa shape index (κ3) is 3.51. The second-order valence-electron chi connectivity index (χ2n) is 4.43. The molecule has 0 atom stereocenters. The fourth-order valence-corrected chi connectivity index (χ4v) is 1.95. The summed E-state index contributed by atoms with van der Waals surface area (Å²) in [5, 5.41) is 14.8. The van der Waals surface area contributed by atoms with Crippen LogP contribution in [0.3, 0.4) is 0 Å². The highest BCUT2D eigenvalue weighted by molar-refractivity contribution is 6.34. The number of halogens is 1. The van der Waals surface area contributed by atoms with Gasteiger partial charge in [-0.15, -0.1) is 0 Å². The summed E-state index contributed by atoms with van der Waals surface area (Å²) in [7, 11) is 0. The quantitative estimate of drug-likeness (QED) is 0.610. The van der Waals surface area contributed by atoms with Gasteiger partial charge in [0.25, 0.3) is 0 Å². The first kappa shape index (κ1) is 13.5. The molecule has 0 spiro atoms. The minimum atomic E-state index is -1.15. The van der Waals surface area contributed by atoms with Crippen LogP contribution >= 0.6 is 11.6 Å². The average molecular weight is 284 g/mol. The van der Waals surface area contributed by atoms with E-state index in [-0.39, 0.29) is 40.5 Å². The van der Waals surface area contributed by atoms with E-state index >= 15 is 0 Å². The van der Waals surface area contributed by atoms with Crippen molar-refractivity contribution in [2.24, 2.45) is 0 Å². The number of nitrogens with two attached hydrogens (primary N) is 1. The van der Waals surface area contributed by atoms with Crippen molar-refractivity contribution >= 4 is 34.9 Å². The number of carbonyl (C=O) groups is 2. The Bertz CT molecular complexity index is 529. The summed E-state index contributed by atoms with van der Waals surface area (Å²) in [5.41, 5.74) is 5.95. The Labute approximate surface area is 114 Å². The molecule has 19 heavy (non-hydrogen) atoms. The molecule has 1 saturated carbocycles. The Morgan fingerprint density at radius 3 is 2.68 bits per heavy atom. The highest BCUT2D eigenvalue weighted by Gasteiger charge is 2.23. The molecule has 1 amide bonds. The lowest BCUT2D eigenvalue weighted by Crippen LogP contribution is -2.31. The summed E-state index contributed by atoms with van der Waals surface area (Å²) in [5.74, 6) is -1.34. The zero-order valence-electron chi connectivity index (χ0n) is 10.1. The topological polar surface area (TPSA) is 104 Å². The van der Waals surface area contributed by atoms with E-state index in [1.165, 1.54) is 12.1 Å². The van der Waals surface area contributed by atoms with Crippen molar-refractivity contribution in [2.45, 2.75) is 18.9 Å². The molecule has 7 heteroatoms. The lowest BCUT2D eigenvalue weighted by atomic mass is 10.1. The van der Waals surface area contributed by atoms with Crippen LogP contribution in [0, 0.1) is 0 Å². The molecule has 1 aliphatic rings. The molecule has 0 saturated heterocycles. The molecule has 1 aliphatic carbocycles. The number of nitrogen functional groups attached to an aromatic ring is 1. The van der Waals surface area contributed by atoms with Gasteiger partial charge in [-0.2, -0.15) is 0 Å². The standard InChI is InChI=1S/C12H14ClN3O3/c13-9-4-6(14)3-8(12(18)19)11(9)15-5-10(17)16-7-1-2-7/h3-4,7,15H,1-2,5,14H2,(H,16,17)(H,18,19). The molecule has 102 valence electrons. The van der Waals surface area contributed by atoms with Crippen molar-refractivity contribution in [1.29, 1.82) is 0 Å². The Kier molecular flexibility index (Phi) is 3.80. The molecule has 1 fully saturated rings. The van der Waals surface area contributed by atoms with E-state index in [0.717, 1.165) is 12.8 Å². The van der Waals surface area contributed by atoms with E-state index in [4.69, 9.17) is 22.4 Å². The summed E-state index contributed by atoms with van der Waals surface area (Å²) < 4.78 is 0. The number of hydrogen-bond donors (Lipinski definition) is 4. The van der Waals surface area contributed by atoms with Gasteiger partial charge in [0.05, 0.1) is 22.8 Å². The summed E-state index contributed by atoms with van der Waals surface area (Å²) in [6.07, 6.45) is 1.99. The van der Waals surface area contributed by atoms with Crippen molar-refractivity contribution in [2.75, 3.05) is 17.6 Å². The Morgan fingerprint density at radius 1 is 1.42 bits per heavy atom. The number of nitrogens with one attached hydrogen (secondary N) is 2. The van der Waals surface area contributed by atoms with E-state index in [0.29, 0.717) is 0 Å². The van der Waals surface area contributed by atoms with Crippen LogP contribution in [0.25, 0.3) is 0 Å². The molecule has 1 aromatic rings. The first-order chi connectivity index (χ1) is 8.97. The zero-order valence-corrected chi connectivity index (χ0v) is 10.8. The maximum Gasteiger partial charge on any atom is 0.337 e. The lowest BCUT2D eigenvalue weighted by Gasteiger charge is -2.12. The van der Waals surface area contributed by atoms with Gasteiger partial charge >= 0.3 is 5.97 Å². The number of benzene rings is 1. The fraction of sp³-hybridized carbons (Fsp3) is 0.333. The first-order valence-corrected chi connectivity index (χ1v) is 6.20. The van der Waals surface area contributed by atoms with Crippen molar-refractivity contribution in [1.82, 2.24) is 5.32 Å². The molecule has 0 bridgehead atoms. The van der Waals surface area contributed by atoms with E-state index in [2.05, 4.69) is 10.6 Å². The van der Waals surface area contributed by atoms with Crippen LogP contribution in [0.2, 0.25) is 5.02 Å². The normalized spacial score (nSPS) is 13.9. The predicted octanol–water partition coefficient (Wildman–Crippen LogP) is 1.31. The SMILES string of the molecule is Nc1cc(Cl)c(NCC(=O)NC2CC2)c(C(=O)O)c1. The number of rotatable bonds is 5. The van der Waals surface area contributed by atoms with Gasteiger partial charge in [0, 0.05) is 11.7 Å². The number of hydrogen-bond acceptors (Lipinski definition) is 4. The predicted molar refractivity (Wildman–Crippen MR) is 72.5 cm³/mol. The van der Waals surface area contributed by atoms with Gasteiger partial charge in [0.2, 0.25) is 5.91 Å². The molecular formula is C12H14ClN3O3. The first-order valence-electron chi connectivity index (χ1n) is 5.83. The minimum absolute atomic E-state index is 0.0274. The van der Waals surface area contributed by atoms with Crippen LogP contribution in [0.5, 0.6) is 0 Å². The Hall–Kier alpha value is -1.95. The summed E-state index contributed by atoms with van der Waals surface area (Å²) in [4.78, 5) is 22.6. The van der Waals surface area contributed by atoms with Gasteiger partial charge in [-0.1, -0.05) is 11.6 Å². The van der Waals surface area contributed by atoms with Gasteiger partial charge in [-0.05, 0) is 25.0 Å². The van der Waals surface area contributed by atoms with E-state index in [1.54, 1.807) is 0 Å². The van der Waals surface area contributed by atoms with E-state index in [9.17, 15) is 9.59 Å². The number of carboxylic acid groups (broad SMARTS) is 1. The van der Waals surface area contributed by atoms with Crippen LogP contribution in [-0.4, -0.2) is 29.6 Å². The van der Waals surface area contributed by atoms with Crippen molar-refractivity contribution in [3.63, 3.8) is 0 Å². The largest absolute Gasteiger partial charge is 0.478 e. The third-order valence-corrected chi connectivity index (χ3v) is 3.01. The fourth-order valence-electron chi connectivity index (χ4n) is 1.65. The van der Waals surface area contributed by atoms with E-state index in [1.807, 2.05) is 0 Å². The smallest absolute Gasteiger partial charge is 0.337 e. The molecule has 0 aromatic heterocycles. The highest BCUT2D eigenvalue weighted by atomic mass is 35.5. The summed E-state index contributed by atoms with van der Waals surface area (Å²) in [6.45, 7) is -0.0274. The average Bonchev–Trinajstić information content (AvgIpc) is 3.10. The van der Waals surface area contributed by atoms with Crippen LogP contribution in [0.15, 0.2) is 12.1 Å². The van der Waals surface area contributed by atoms with Crippen LogP contribution in [0.1, 0.15) is 23.2 Å². The van der Waals surface area contributed by atoms with Gasteiger partial charge in [-0.3, -0.25) is 4.79 Å². The molecular weight excluding hydrogens is 270 g/mol. The number of carbonyl (C=O) groups excluding carboxylic acids is 1. The van der Waals surface area contributed by atoms with Crippen molar-refractivity contribution in [3.05, 3.63) is 22.7 Å². The number of carboxylic acids is 1. The van der Waals surface area contributed by atoms with Gasteiger partial charge in [0.1, 0.15) is 0 Å². The summed E-state index contributed by atoms with van der Waals surface area (Å²) >= 11 is 5.94. The Morgan fingerprint density at radius 2 is 2.11 bits per heavy atom. The van der Waals surface area contributed by atoms with Crippen LogP contribution < -0.4 is 16.4 Å². The molecule has 0 aliphatic heterocycles. The number of aromatic carboxylic acids is 1. The van der Waals surface area contributed by atoms with Crippen LogP contribution in [-0.2, 0) is 4.79 Å². The van der Waals surface area contributed by atoms with Crippen LogP contribution in [0.4, 0.5) is 11.4 Å². The number of amides is 1. The maximum atomic E-state index is 11.5. The summed E-state index contributed by atoms with van der Waals surface area (Å²) in [6, 6.07) is 3.00. The molecule has 0 radical (unpaired) electrons. The lowest BCUT2D eigenvalue weighted by molar-refractivity contribution is -0.119. The Balaban J connectivity index is 2.09. The molecule has 6 nitrogen and oxygen atoms in total. The maximum absolute atomic E-state index is 11.5. The monoisotopic (exact) mass is 283 g/mol. The van der Waals surface area contributed by atoms with E-state index < -0.39 is 5.97 Å². The second kappa shape index (κ2) is 5.36. The van der Waals surface area contributed by atoms with Gasteiger partial charge in [-0.25, -0.2) is 4.79 Å². The number of anilines is 2.